The molecule has 1 aromatic rings. The largest absolute Gasteiger partial charge is 0.490 e. The molecule has 7 nitrogen and oxygen atoms in total. The summed E-state index contributed by atoms with van der Waals surface area (Å²) in [6, 6.07) is 1.44. The second-order valence-electron chi connectivity index (χ2n) is 5.31. The van der Waals surface area contributed by atoms with E-state index in [-0.39, 0.29) is 28.1 Å². The highest BCUT2D eigenvalue weighted by molar-refractivity contribution is 5.66. The number of rotatable bonds is 7. The maximum absolute atomic E-state index is 11.4. The van der Waals surface area contributed by atoms with Gasteiger partial charge in [-0.25, -0.2) is 0 Å². The lowest BCUT2D eigenvalue weighted by Crippen LogP contribution is -2.25. The lowest BCUT2D eigenvalue weighted by molar-refractivity contribution is -0.395. The molecule has 0 aromatic heterocycles. The third kappa shape index (κ3) is 2.75. The summed E-state index contributed by atoms with van der Waals surface area (Å²) >= 11 is 0. The third-order valence-electron chi connectivity index (χ3n) is 4.67. The summed E-state index contributed by atoms with van der Waals surface area (Å²) in [5, 5.41) is 22.7. The minimum absolute atomic E-state index is 0.0211. The molecule has 7 heteroatoms. The van der Waals surface area contributed by atoms with Crippen LogP contribution >= 0.6 is 0 Å². The molecule has 0 amide bonds. The summed E-state index contributed by atoms with van der Waals surface area (Å²) in [4.78, 5) is 21.5. The molecule has 0 spiro atoms. The van der Waals surface area contributed by atoms with E-state index in [1.54, 1.807) is 0 Å². The summed E-state index contributed by atoms with van der Waals surface area (Å²) in [7, 11) is 1.36. The van der Waals surface area contributed by atoms with Crippen molar-refractivity contribution in [2.45, 2.75) is 52.4 Å². The van der Waals surface area contributed by atoms with Gasteiger partial charge in [0.25, 0.3) is 5.69 Å². The van der Waals surface area contributed by atoms with Crippen LogP contribution in [0.25, 0.3) is 0 Å². The van der Waals surface area contributed by atoms with Crippen LogP contribution in [0.15, 0.2) is 6.07 Å². The molecule has 0 saturated heterocycles. The van der Waals surface area contributed by atoms with Crippen LogP contribution in [-0.4, -0.2) is 17.0 Å². The number of ether oxygens (including phenoxy) is 1. The Morgan fingerprint density at radius 3 is 1.91 bits per heavy atom. The number of hydrogen-bond acceptors (Lipinski definition) is 5. The molecule has 22 heavy (non-hydrogen) atoms. The molecule has 1 rings (SSSR count). The average molecular weight is 310 g/mol. The zero-order valence-corrected chi connectivity index (χ0v) is 13.6. The van der Waals surface area contributed by atoms with Crippen LogP contribution in [-0.2, 0) is 5.41 Å². The van der Waals surface area contributed by atoms with Crippen LogP contribution in [0, 0.1) is 27.2 Å². The van der Waals surface area contributed by atoms with E-state index in [0.717, 1.165) is 0 Å². The summed E-state index contributed by atoms with van der Waals surface area (Å²) in [6.45, 7) is 7.31. The highest BCUT2D eigenvalue weighted by Gasteiger charge is 2.38. The Hall–Kier alpha value is -2.18. The molecule has 0 aliphatic heterocycles. The van der Waals surface area contributed by atoms with Gasteiger partial charge in [0.15, 0.2) is 0 Å². The Labute approximate surface area is 129 Å². The molecule has 0 atom stereocenters. The maximum atomic E-state index is 11.4. The predicted molar refractivity (Wildman–Crippen MR) is 83.6 cm³/mol. The van der Waals surface area contributed by atoms with E-state index in [0.29, 0.717) is 24.8 Å². The van der Waals surface area contributed by atoms with Crippen molar-refractivity contribution in [2.75, 3.05) is 7.11 Å². The first-order valence-corrected chi connectivity index (χ1v) is 7.30. The molecule has 0 bridgehead atoms. The second kappa shape index (κ2) is 6.72. The monoisotopic (exact) mass is 310 g/mol. The van der Waals surface area contributed by atoms with Gasteiger partial charge in [-0.15, -0.1) is 0 Å². The Balaban J connectivity index is 3.91. The molecule has 1 aromatic carbocycles. The third-order valence-corrected chi connectivity index (χ3v) is 4.67. The zero-order valence-electron chi connectivity index (χ0n) is 13.6. The SMILES string of the molecule is CCC(CC)(CC)c1cc([N+](=O)[O-])c(C)c([N+](=O)[O-])c1OC. The first kappa shape index (κ1) is 17.9. The lowest BCUT2D eigenvalue weighted by atomic mass is 9.72. The molecule has 0 N–H and O–H groups in total. The van der Waals surface area contributed by atoms with Gasteiger partial charge in [-0.3, -0.25) is 20.2 Å². The van der Waals surface area contributed by atoms with Crippen molar-refractivity contribution in [2.24, 2.45) is 0 Å². The minimum Gasteiger partial charge on any atom is -0.490 e. The van der Waals surface area contributed by atoms with Crippen molar-refractivity contribution in [1.82, 2.24) is 0 Å². The summed E-state index contributed by atoms with van der Waals surface area (Å²) in [5.74, 6) is 0.138. The fourth-order valence-corrected chi connectivity index (χ4v) is 3.06. The van der Waals surface area contributed by atoms with E-state index in [1.807, 2.05) is 20.8 Å². The van der Waals surface area contributed by atoms with Gasteiger partial charge in [-0.05, 0) is 31.6 Å². The minimum atomic E-state index is -0.601. The Morgan fingerprint density at radius 2 is 1.59 bits per heavy atom. The van der Waals surface area contributed by atoms with Gasteiger partial charge in [-0.1, -0.05) is 20.8 Å². The van der Waals surface area contributed by atoms with Crippen molar-refractivity contribution in [3.63, 3.8) is 0 Å². The van der Waals surface area contributed by atoms with Gasteiger partial charge in [-0.2, -0.15) is 0 Å². The fourth-order valence-electron chi connectivity index (χ4n) is 3.06. The number of benzene rings is 1. The van der Waals surface area contributed by atoms with E-state index in [1.165, 1.54) is 20.1 Å². The van der Waals surface area contributed by atoms with E-state index < -0.39 is 9.85 Å². The molecule has 0 saturated carbocycles. The van der Waals surface area contributed by atoms with E-state index in [2.05, 4.69) is 0 Å². The zero-order chi connectivity index (χ0) is 17.1. The van der Waals surface area contributed by atoms with Crippen molar-refractivity contribution in [3.8, 4) is 5.75 Å². The average Bonchev–Trinajstić information content (AvgIpc) is 2.49. The van der Waals surface area contributed by atoms with Crippen LogP contribution < -0.4 is 4.74 Å². The topological polar surface area (TPSA) is 95.5 Å². The molecule has 0 heterocycles. The molecule has 0 unspecified atom stereocenters. The predicted octanol–water partition coefficient (Wildman–Crippen LogP) is 4.29. The number of nitrogens with zero attached hydrogens (tertiary/aromatic N) is 2. The molecule has 0 aliphatic carbocycles. The van der Waals surface area contributed by atoms with Crippen LogP contribution in [0.2, 0.25) is 0 Å². The number of hydrogen-bond donors (Lipinski definition) is 0. The van der Waals surface area contributed by atoms with Crippen LogP contribution in [0.3, 0.4) is 0 Å². The van der Waals surface area contributed by atoms with Crippen molar-refractivity contribution in [3.05, 3.63) is 37.4 Å². The smallest absolute Gasteiger partial charge is 0.320 e. The van der Waals surface area contributed by atoms with E-state index in [9.17, 15) is 20.2 Å². The first-order valence-electron chi connectivity index (χ1n) is 7.30. The van der Waals surface area contributed by atoms with Gasteiger partial charge in [0, 0.05) is 11.6 Å². The summed E-state index contributed by atoms with van der Waals surface area (Å²) in [5.41, 5.74) is -0.359. The lowest BCUT2D eigenvalue weighted by Gasteiger charge is -2.32. The molecular weight excluding hydrogens is 288 g/mol. The fraction of sp³-hybridized carbons (Fsp3) is 0.600. The molecule has 0 radical (unpaired) electrons. The van der Waals surface area contributed by atoms with Gasteiger partial charge in [0.05, 0.1) is 17.0 Å². The molecule has 0 aliphatic rings. The molecule has 122 valence electrons. The van der Waals surface area contributed by atoms with E-state index >= 15 is 0 Å². The van der Waals surface area contributed by atoms with Crippen molar-refractivity contribution in [1.29, 1.82) is 0 Å². The van der Waals surface area contributed by atoms with Crippen LogP contribution in [0.4, 0.5) is 11.4 Å². The molecule has 0 fully saturated rings. The quantitative estimate of drug-likeness (QED) is 0.553. The number of nitro benzene ring substituents is 2. The van der Waals surface area contributed by atoms with Crippen LogP contribution in [0.1, 0.15) is 51.2 Å². The summed E-state index contributed by atoms with van der Waals surface area (Å²) < 4.78 is 5.30. The Morgan fingerprint density at radius 1 is 1.09 bits per heavy atom. The highest BCUT2D eigenvalue weighted by atomic mass is 16.6. The van der Waals surface area contributed by atoms with Gasteiger partial charge in [0.2, 0.25) is 5.75 Å². The number of nitro groups is 2. The second-order valence-corrected chi connectivity index (χ2v) is 5.31. The Bertz CT molecular complexity index is 586. The summed E-state index contributed by atoms with van der Waals surface area (Å²) in [6.07, 6.45) is 2.15. The van der Waals surface area contributed by atoms with Gasteiger partial charge in [0.1, 0.15) is 5.56 Å². The van der Waals surface area contributed by atoms with Crippen molar-refractivity contribution >= 4 is 11.4 Å². The normalized spacial score (nSPS) is 11.3. The first-order chi connectivity index (χ1) is 10.3. The van der Waals surface area contributed by atoms with Crippen LogP contribution in [0.5, 0.6) is 5.75 Å². The van der Waals surface area contributed by atoms with Gasteiger partial charge >= 0.3 is 5.69 Å². The molecular formula is C15H22N2O5. The highest BCUT2D eigenvalue weighted by Crippen LogP contribution is 2.48. The number of methoxy groups -OCH3 is 1. The van der Waals surface area contributed by atoms with Crippen molar-refractivity contribution < 1.29 is 14.6 Å². The standard InChI is InChI=1S/C15H22N2O5/c1-6-15(7-2,8-3)11-9-12(16(18)19)10(4)13(17(20)21)14(11)22-5/h9H,6-8H2,1-5H3. The van der Waals surface area contributed by atoms with Gasteiger partial charge < -0.3 is 4.74 Å². The Kier molecular flexibility index (Phi) is 5.46. The maximum Gasteiger partial charge on any atom is 0.320 e. The van der Waals surface area contributed by atoms with E-state index in [4.69, 9.17) is 4.74 Å².